The number of aliphatic hydroxyl groups excluding tert-OH is 1. The lowest BCUT2D eigenvalue weighted by Gasteiger charge is -2.39. The van der Waals surface area contributed by atoms with Crippen molar-refractivity contribution in [2.45, 2.75) is 45.1 Å². The van der Waals surface area contributed by atoms with Crippen LogP contribution in [0.15, 0.2) is 0 Å². The van der Waals surface area contributed by atoms with Crippen molar-refractivity contribution in [3.63, 3.8) is 0 Å². The van der Waals surface area contributed by atoms with Crippen LogP contribution in [-0.2, 0) is 0 Å². The summed E-state index contributed by atoms with van der Waals surface area (Å²) in [5.41, 5.74) is 5.85. The molecule has 1 aliphatic heterocycles. The molecule has 1 rings (SSSR count). The largest absolute Gasteiger partial charge is 0.396 e. The van der Waals surface area contributed by atoms with E-state index in [1.54, 1.807) is 0 Å². The third-order valence-electron chi connectivity index (χ3n) is 3.87. The third kappa shape index (κ3) is 6.17. The fraction of sp³-hybridized carbons (Fsp3) is 0.929. The van der Waals surface area contributed by atoms with Gasteiger partial charge in [0, 0.05) is 32.8 Å². The molecule has 1 heterocycles. The molecule has 3 N–H and O–H groups in total. The van der Waals surface area contributed by atoms with E-state index in [2.05, 4.69) is 16.7 Å². The molecule has 19 heavy (non-hydrogen) atoms. The maximum absolute atomic E-state index is 8.76. The molecular formula is C14H29N3OS. The fourth-order valence-corrected chi connectivity index (χ4v) is 2.97. The third-order valence-corrected chi connectivity index (χ3v) is 4.14. The molecule has 0 aromatic carbocycles. The second-order valence-electron chi connectivity index (χ2n) is 5.37. The number of piperazine rings is 1. The predicted molar refractivity (Wildman–Crippen MR) is 84.4 cm³/mol. The molecule has 0 saturated carbocycles. The Labute approximate surface area is 122 Å². The van der Waals surface area contributed by atoms with Crippen molar-refractivity contribution in [3.8, 4) is 0 Å². The first-order valence-electron chi connectivity index (χ1n) is 7.55. The summed E-state index contributed by atoms with van der Waals surface area (Å²) in [5.74, 6) is 0. The van der Waals surface area contributed by atoms with Crippen LogP contribution in [0.25, 0.3) is 0 Å². The molecule has 1 saturated heterocycles. The maximum atomic E-state index is 8.76. The van der Waals surface area contributed by atoms with Crippen molar-refractivity contribution in [1.29, 1.82) is 0 Å². The molecule has 0 amide bonds. The lowest BCUT2D eigenvalue weighted by molar-refractivity contribution is 0.113. The van der Waals surface area contributed by atoms with Gasteiger partial charge >= 0.3 is 0 Å². The average molecular weight is 287 g/mol. The van der Waals surface area contributed by atoms with Gasteiger partial charge in [-0.25, -0.2) is 0 Å². The summed E-state index contributed by atoms with van der Waals surface area (Å²) in [4.78, 5) is 5.60. The summed E-state index contributed by atoms with van der Waals surface area (Å²) in [6.07, 6.45) is 5.45. The molecule has 1 unspecified atom stereocenters. The van der Waals surface area contributed by atoms with Gasteiger partial charge in [-0.1, -0.05) is 25.6 Å². The minimum Gasteiger partial charge on any atom is -0.396 e. The quantitative estimate of drug-likeness (QED) is 0.493. The monoisotopic (exact) mass is 287 g/mol. The Balaban J connectivity index is 2.25. The molecule has 4 nitrogen and oxygen atoms in total. The number of aliphatic hydroxyl groups is 1. The Bertz CT molecular complexity index is 255. The Morgan fingerprint density at radius 3 is 2.42 bits per heavy atom. The first-order valence-corrected chi connectivity index (χ1v) is 7.96. The fourth-order valence-electron chi connectivity index (χ4n) is 2.70. The van der Waals surface area contributed by atoms with E-state index < -0.39 is 0 Å². The minimum absolute atomic E-state index is 0.288. The number of hydrogen-bond donors (Lipinski definition) is 2. The molecule has 0 aromatic heterocycles. The summed E-state index contributed by atoms with van der Waals surface area (Å²) in [6.45, 7) is 8.02. The van der Waals surface area contributed by atoms with Gasteiger partial charge in [-0.2, -0.15) is 0 Å². The zero-order valence-electron chi connectivity index (χ0n) is 12.2. The van der Waals surface area contributed by atoms with Crippen LogP contribution in [-0.4, -0.2) is 65.3 Å². The van der Waals surface area contributed by atoms with E-state index in [1.165, 1.54) is 6.42 Å². The van der Waals surface area contributed by atoms with Gasteiger partial charge in [0.05, 0.1) is 11.0 Å². The topological polar surface area (TPSA) is 52.7 Å². The number of thiocarbonyl (C=S) groups is 1. The van der Waals surface area contributed by atoms with Gasteiger partial charge in [-0.15, -0.1) is 0 Å². The van der Waals surface area contributed by atoms with Crippen LogP contribution in [0.4, 0.5) is 0 Å². The second-order valence-corrected chi connectivity index (χ2v) is 5.84. The predicted octanol–water partition coefficient (Wildman–Crippen LogP) is 1.22. The SMILES string of the molecule is CCCC(C(N)=S)N1CCN(CCCCCO)CC1. The minimum atomic E-state index is 0.288. The van der Waals surface area contributed by atoms with Crippen molar-refractivity contribution in [2.75, 3.05) is 39.3 Å². The molecule has 112 valence electrons. The highest BCUT2D eigenvalue weighted by molar-refractivity contribution is 7.80. The van der Waals surface area contributed by atoms with Gasteiger partial charge in [0.25, 0.3) is 0 Å². The highest BCUT2D eigenvalue weighted by atomic mass is 32.1. The molecule has 0 aromatic rings. The molecule has 1 atom stereocenters. The highest BCUT2D eigenvalue weighted by Crippen LogP contribution is 2.12. The number of hydrogen-bond acceptors (Lipinski definition) is 4. The van der Waals surface area contributed by atoms with E-state index in [1.807, 2.05) is 0 Å². The van der Waals surface area contributed by atoms with E-state index in [0.717, 1.165) is 58.4 Å². The maximum Gasteiger partial charge on any atom is 0.0902 e. The zero-order valence-corrected chi connectivity index (χ0v) is 13.0. The van der Waals surface area contributed by atoms with Gasteiger partial charge in [-0.05, 0) is 32.2 Å². The molecular weight excluding hydrogens is 258 g/mol. The standard InChI is InChI=1S/C14H29N3OS/c1-2-6-13(14(15)19)17-10-8-16(9-11-17)7-4-3-5-12-18/h13,18H,2-12H2,1H3,(H2,15,19). The van der Waals surface area contributed by atoms with E-state index in [9.17, 15) is 0 Å². The van der Waals surface area contributed by atoms with Gasteiger partial charge in [0.2, 0.25) is 0 Å². The van der Waals surface area contributed by atoms with Crippen LogP contribution < -0.4 is 5.73 Å². The number of rotatable bonds is 9. The van der Waals surface area contributed by atoms with Crippen molar-refractivity contribution < 1.29 is 5.11 Å². The molecule has 5 heteroatoms. The first kappa shape index (κ1) is 16.8. The smallest absolute Gasteiger partial charge is 0.0902 e. The van der Waals surface area contributed by atoms with Gasteiger partial charge in [0.15, 0.2) is 0 Å². The van der Waals surface area contributed by atoms with E-state index >= 15 is 0 Å². The second kappa shape index (κ2) is 9.64. The van der Waals surface area contributed by atoms with E-state index in [4.69, 9.17) is 23.1 Å². The zero-order chi connectivity index (χ0) is 14.1. The van der Waals surface area contributed by atoms with Crippen LogP contribution in [0.5, 0.6) is 0 Å². The molecule has 0 radical (unpaired) electrons. The summed E-state index contributed by atoms with van der Waals surface area (Å²) in [5, 5.41) is 8.76. The van der Waals surface area contributed by atoms with Gasteiger partial charge in [0.1, 0.15) is 0 Å². The number of nitrogens with two attached hydrogens (primary N) is 1. The number of nitrogens with zero attached hydrogens (tertiary/aromatic N) is 2. The van der Waals surface area contributed by atoms with Crippen molar-refractivity contribution in [3.05, 3.63) is 0 Å². The lowest BCUT2D eigenvalue weighted by Crippen LogP contribution is -2.53. The highest BCUT2D eigenvalue weighted by Gasteiger charge is 2.24. The Hall–Kier alpha value is -0.230. The first-order chi connectivity index (χ1) is 9.19. The lowest BCUT2D eigenvalue weighted by atomic mass is 10.1. The van der Waals surface area contributed by atoms with Crippen LogP contribution in [0, 0.1) is 0 Å². The molecule has 0 bridgehead atoms. The summed E-state index contributed by atoms with van der Waals surface area (Å²) in [6, 6.07) is 0.288. The van der Waals surface area contributed by atoms with E-state index in [0.29, 0.717) is 11.6 Å². The van der Waals surface area contributed by atoms with Crippen LogP contribution in [0.2, 0.25) is 0 Å². The van der Waals surface area contributed by atoms with Crippen molar-refractivity contribution in [1.82, 2.24) is 9.80 Å². The summed E-state index contributed by atoms with van der Waals surface area (Å²) < 4.78 is 0. The molecule has 0 spiro atoms. The summed E-state index contributed by atoms with van der Waals surface area (Å²) >= 11 is 5.19. The molecule has 1 fully saturated rings. The van der Waals surface area contributed by atoms with Crippen LogP contribution >= 0.6 is 12.2 Å². The van der Waals surface area contributed by atoms with Crippen LogP contribution in [0.3, 0.4) is 0 Å². The normalized spacial score (nSPS) is 19.5. The van der Waals surface area contributed by atoms with Crippen molar-refractivity contribution in [2.24, 2.45) is 5.73 Å². The summed E-state index contributed by atoms with van der Waals surface area (Å²) in [7, 11) is 0. The van der Waals surface area contributed by atoms with Gasteiger partial charge < -0.3 is 15.7 Å². The Kier molecular flexibility index (Phi) is 8.53. The number of unbranched alkanes of at least 4 members (excludes halogenated alkanes) is 2. The van der Waals surface area contributed by atoms with E-state index in [-0.39, 0.29) is 6.04 Å². The van der Waals surface area contributed by atoms with Crippen LogP contribution in [0.1, 0.15) is 39.0 Å². The van der Waals surface area contributed by atoms with Gasteiger partial charge in [-0.3, -0.25) is 4.90 Å². The van der Waals surface area contributed by atoms with Crippen molar-refractivity contribution >= 4 is 17.2 Å². The Morgan fingerprint density at radius 2 is 1.89 bits per heavy atom. The molecule has 1 aliphatic rings. The Morgan fingerprint density at radius 1 is 1.21 bits per heavy atom. The average Bonchev–Trinajstić information content (AvgIpc) is 2.41. The molecule has 0 aliphatic carbocycles.